The summed E-state index contributed by atoms with van der Waals surface area (Å²) in [5, 5.41) is 12.7. The van der Waals surface area contributed by atoms with Crippen LogP contribution < -0.4 is 0 Å². The zero-order chi connectivity index (χ0) is 27.5. The van der Waals surface area contributed by atoms with E-state index in [-0.39, 0.29) is 65.8 Å². The number of fused-ring (bicyclic) bond motifs is 6. The summed E-state index contributed by atoms with van der Waals surface area (Å²) in [5.41, 5.74) is -2.49. The van der Waals surface area contributed by atoms with Gasteiger partial charge in [0.2, 0.25) is 0 Å². The molecule has 0 aromatic heterocycles. The second-order valence-electron chi connectivity index (χ2n) is 14.9. The number of carbonyl (C=O) groups is 2. The maximum atomic E-state index is 13.3. The van der Waals surface area contributed by atoms with Crippen molar-refractivity contribution in [3.63, 3.8) is 0 Å². The first kappa shape index (κ1) is 26.5. The molecule has 4 aliphatic carbocycles. The monoisotopic (exact) mass is 560 g/mol. The predicted octanol–water partition coefficient (Wildman–Crippen LogP) is 3.29. The van der Waals surface area contributed by atoms with Crippen molar-refractivity contribution in [1.82, 2.24) is 0 Å². The zero-order valence-corrected chi connectivity index (χ0v) is 23.8. The number of hydrogen-bond acceptors (Lipinski definition) is 9. The highest BCUT2D eigenvalue weighted by molar-refractivity contribution is 5.73. The molecule has 9 nitrogen and oxygen atoms in total. The van der Waals surface area contributed by atoms with Gasteiger partial charge in [0.1, 0.15) is 31.4 Å². The number of aliphatic hydroxyl groups is 1. The van der Waals surface area contributed by atoms with Crippen LogP contribution in [0.1, 0.15) is 84.5 Å². The number of esters is 1. The summed E-state index contributed by atoms with van der Waals surface area (Å²) in [6.07, 6.45) is 9.25. The Labute approximate surface area is 235 Å². The van der Waals surface area contributed by atoms with Crippen molar-refractivity contribution in [3.8, 4) is 0 Å². The van der Waals surface area contributed by atoms with Gasteiger partial charge in [0.15, 0.2) is 6.29 Å². The second-order valence-corrected chi connectivity index (χ2v) is 14.9. The first-order valence-electron chi connectivity index (χ1n) is 15.7. The van der Waals surface area contributed by atoms with Gasteiger partial charge < -0.3 is 38.3 Å². The highest BCUT2D eigenvalue weighted by Gasteiger charge is 2.77. The molecule has 0 unspecified atom stereocenters. The molecule has 4 saturated carbocycles. The molecular formula is C31H44O9. The number of cyclic esters (lactones) is 1. The Hall–Kier alpha value is -1.10. The minimum Gasteiger partial charge on any atom is -0.462 e. The molecule has 4 heterocycles. The molecule has 9 heteroatoms. The van der Waals surface area contributed by atoms with E-state index in [4.69, 9.17) is 28.4 Å². The van der Waals surface area contributed by atoms with Crippen LogP contribution >= 0.6 is 0 Å². The molecule has 0 aromatic rings. The van der Waals surface area contributed by atoms with Crippen LogP contribution in [0.15, 0.2) is 0 Å². The van der Waals surface area contributed by atoms with Gasteiger partial charge in [-0.05, 0) is 82.0 Å². The van der Waals surface area contributed by atoms with Crippen molar-refractivity contribution >= 4 is 12.3 Å². The molecule has 0 radical (unpaired) electrons. The summed E-state index contributed by atoms with van der Waals surface area (Å²) in [6, 6.07) is 0. The maximum absolute atomic E-state index is 13.3. The molecule has 8 rings (SSSR count). The van der Waals surface area contributed by atoms with E-state index in [0.29, 0.717) is 19.6 Å². The lowest BCUT2D eigenvalue weighted by atomic mass is 9.39. The fraction of sp³-hybridized carbons (Fsp3) is 0.935. The molecular weight excluding hydrogens is 516 g/mol. The normalized spacial score (nSPS) is 58.5. The molecule has 2 spiro atoms. The first-order chi connectivity index (χ1) is 19.2. The van der Waals surface area contributed by atoms with Crippen LogP contribution in [-0.2, 0) is 38.0 Å². The van der Waals surface area contributed by atoms with Crippen molar-refractivity contribution in [3.05, 3.63) is 0 Å². The minimum absolute atomic E-state index is 0.00773. The van der Waals surface area contributed by atoms with E-state index in [1.807, 2.05) is 0 Å². The molecule has 4 aliphatic heterocycles. The van der Waals surface area contributed by atoms with Gasteiger partial charge >= 0.3 is 5.97 Å². The van der Waals surface area contributed by atoms with Crippen LogP contribution in [0.25, 0.3) is 0 Å². The van der Waals surface area contributed by atoms with E-state index in [0.717, 1.165) is 64.2 Å². The summed E-state index contributed by atoms with van der Waals surface area (Å²) < 4.78 is 36.2. The van der Waals surface area contributed by atoms with Gasteiger partial charge in [-0.3, -0.25) is 4.79 Å². The van der Waals surface area contributed by atoms with Crippen LogP contribution in [0.5, 0.6) is 0 Å². The fourth-order valence-electron chi connectivity index (χ4n) is 11.6. The molecule has 8 fully saturated rings. The zero-order valence-electron chi connectivity index (χ0n) is 23.8. The summed E-state index contributed by atoms with van der Waals surface area (Å²) in [5.74, 6) is 0.139. The Morgan fingerprint density at radius 3 is 2.67 bits per heavy atom. The van der Waals surface area contributed by atoms with Crippen LogP contribution in [0.2, 0.25) is 0 Å². The largest absolute Gasteiger partial charge is 0.462 e. The Morgan fingerprint density at radius 1 is 1.02 bits per heavy atom. The Bertz CT molecular complexity index is 1080. The molecule has 40 heavy (non-hydrogen) atoms. The van der Waals surface area contributed by atoms with Gasteiger partial charge in [-0.2, -0.15) is 0 Å². The van der Waals surface area contributed by atoms with Crippen LogP contribution in [0.3, 0.4) is 0 Å². The molecule has 0 aromatic carbocycles. The number of carbonyl (C=O) groups excluding carboxylic acids is 2. The summed E-state index contributed by atoms with van der Waals surface area (Å²) in [4.78, 5) is 25.4. The molecule has 1 N–H and O–H groups in total. The van der Waals surface area contributed by atoms with Gasteiger partial charge in [0, 0.05) is 23.2 Å². The van der Waals surface area contributed by atoms with E-state index in [1.165, 1.54) is 6.29 Å². The molecule has 8 aliphatic rings. The van der Waals surface area contributed by atoms with Crippen LogP contribution in [0, 0.1) is 34.0 Å². The average molecular weight is 561 g/mol. The van der Waals surface area contributed by atoms with Crippen molar-refractivity contribution in [1.29, 1.82) is 0 Å². The lowest BCUT2D eigenvalue weighted by Gasteiger charge is -2.66. The van der Waals surface area contributed by atoms with Gasteiger partial charge in [-0.15, -0.1) is 0 Å². The van der Waals surface area contributed by atoms with Gasteiger partial charge in [-0.25, -0.2) is 0 Å². The van der Waals surface area contributed by atoms with Crippen molar-refractivity contribution in [2.45, 2.75) is 126 Å². The quantitative estimate of drug-likeness (QED) is 0.316. The third kappa shape index (κ3) is 3.25. The van der Waals surface area contributed by atoms with E-state index in [2.05, 4.69) is 13.8 Å². The number of aldehydes is 1. The lowest BCUT2D eigenvalue weighted by molar-refractivity contribution is -0.277. The molecule has 0 amide bonds. The summed E-state index contributed by atoms with van der Waals surface area (Å²) in [6.45, 7) is 5.42. The minimum atomic E-state index is -0.874. The first-order valence-corrected chi connectivity index (χ1v) is 15.7. The van der Waals surface area contributed by atoms with Gasteiger partial charge in [-0.1, -0.05) is 6.92 Å². The van der Waals surface area contributed by atoms with Crippen molar-refractivity contribution in [2.24, 2.45) is 34.0 Å². The summed E-state index contributed by atoms with van der Waals surface area (Å²) in [7, 11) is 0. The van der Waals surface area contributed by atoms with E-state index < -0.39 is 22.9 Å². The number of ether oxygens (including phenoxy) is 6. The van der Waals surface area contributed by atoms with E-state index >= 15 is 0 Å². The Kier molecular flexibility index (Phi) is 5.79. The smallest absolute Gasteiger partial charge is 0.308 e. The lowest BCUT2D eigenvalue weighted by Crippen LogP contribution is -2.67. The third-order valence-corrected chi connectivity index (χ3v) is 13.5. The predicted molar refractivity (Wildman–Crippen MR) is 139 cm³/mol. The molecule has 222 valence electrons. The maximum Gasteiger partial charge on any atom is 0.308 e. The standard InChI is InChI=1S/C31H44O9/c1-18-11-22-25(37-17-36-22)26(39-18)40-19-3-8-28(14-32)20-5-9-29-15-38-30(13-24(33)35-16-30)23(29)6-10-31(29,34)21(20)4-7-27(28,2)12-19/h14,18-23,25-26,34H,3-13,15-17H2,1-2H3/t18-,19-,20-,21+,22+,23-,25+,26-,27-,28+,29-,30+,31-/m0/s1. The van der Waals surface area contributed by atoms with Gasteiger partial charge in [0.25, 0.3) is 0 Å². The van der Waals surface area contributed by atoms with E-state index in [1.54, 1.807) is 0 Å². The molecule has 13 atom stereocenters. The second kappa shape index (κ2) is 8.73. The Balaban J connectivity index is 1.04. The SMILES string of the molecule is C[C@H]1C[C@H]2OCO[C@H]2[C@H](O[C@H]2CC[C@@]3(C=O)[C@H]4CC[C@]56CO[C@]7(COC(=O)C7)[C@H]5CC[C@]6(O)[C@@H]4CC[C@@]3(C)C2)O1. The molecule has 4 saturated heterocycles. The van der Waals surface area contributed by atoms with Crippen molar-refractivity contribution < 1.29 is 43.1 Å². The van der Waals surface area contributed by atoms with Crippen molar-refractivity contribution in [2.75, 3.05) is 20.0 Å². The Morgan fingerprint density at radius 2 is 1.88 bits per heavy atom. The number of hydrogen-bond donors (Lipinski definition) is 1. The third-order valence-electron chi connectivity index (χ3n) is 13.5. The molecule has 0 bridgehead atoms. The van der Waals surface area contributed by atoms with Crippen LogP contribution in [-0.4, -0.2) is 79.3 Å². The van der Waals surface area contributed by atoms with E-state index in [9.17, 15) is 14.7 Å². The highest BCUT2D eigenvalue weighted by Crippen LogP contribution is 2.74. The van der Waals surface area contributed by atoms with Gasteiger partial charge in [0.05, 0.1) is 36.9 Å². The van der Waals surface area contributed by atoms with Crippen LogP contribution in [0.4, 0.5) is 0 Å². The fourth-order valence-corrected chi connectivity index (χ4v) is 11.6. The number of rotatable bonds is 3. The average Bonchev–Trinajstić information content (AvgIpc) is 3.68. The topological polar surface area (TPSA) is 110 Å². The highest BCUT2D eigenvalue weighted by atomic mass is 16.8. The summed E-state index contributed by atoms with van der Waals surface area (Å²) >= 11 is 0.